The van der Waals surface area contributed by atoms with Gasteiger partial charge in [0.05, 0.1) is 22.8 Å². The van der Waals surface area contributed by atoms with Gasteiger partial charge in [0, 0.05) is 66.7 Å². The second-order valence-corrected chi connectivity index (χ2v) is 24.2. The predicted octanol–water partition coefficient (Wildman–Crippen LogP) is 15.7. The van der Waals surface area contributed by atoms with E-state index in [0.29, 0.717) is 67.0 Å². The zero-order chi connectivity index (χ0) is 52.2. The lowest BCUT2D eigenvalue weighted by Gasteiger charge is -2.41. The highest BCUT2D eigenvalue weighted by Gasteiger charge is 2.48. The number of hydrogen-bond donors (Lipinski definition) is 0. The molecule has 2 unspecified atom stereocenters. The predicted molar refractivity (Wildman–Crippen MR) is 319 cm³/mol. The summed E-state index contributed by atoms with van der Waals surface area (Å²) in [5, 5.41) is 2.43. The molecule has 4 heterocycles. The van der Waals surface area contributed by atoms with Crippen LogP contribution in [0, 0.1) is 0 Å². The van der Waals surface area contributed by atoms with E-state index in [1.807, 2.05) is 264 Å². The fraction of sp³-hybridized carbons (Fsp3) is 0. The number of hydrogen-bond acceptors (Lipinski definition) is 6. The Labute approximate surface area is 452 Å². The lowest BCUT2D eigenvalue weighted by molar-refractivity contribution is 0.585. The molecule has 10 heteroatoms. The maximum absolute atomic E-state index is 18.0. The van der Waals surface area contributed by atoms with Crippen molar-refractivity contribution >= 4 is 58.8 Å². The summed E-state index contributed by atoms with van der Waals surface area (Å²) in [4.78, 5) is 21.1. The SMILES string of the molecule is O=P1(c2ccccc2-c2ccccc2P2(=O)c3ccccc3-c3ccccc3N2c2cc(-c3ccccc3)nc(-c3ccccc3)n2)c2ccccc2-c2ccccc2N1c1cc(-c2ccccc2)nc(-c2ccccc2)n1. The van der Waals surface area contributed by atoms with Crippen molar-refractivity contribution in [2.75, 3.05) is 9.34 Å². The molecule has 0 radical (unpaired) electrons. The van der Waals surface area contributed by atoms with Crippen molar-refractivity contribution in [3.63, 3.8) is 0 Å². The molecule has 2 aromatic heterocycles. The second kappa shape index (κ2) is 19.2. The summed E-state index contributed by atoms with van der Waals surface area (Å²) in [6.07, 6.45) is 0. The van der Waals surface area contributed by atoms with Crippen LogP contribution in [0.3, 0.4) is 0 Å². The van der Waals surface area contributed by atoms with E-state index in [9.17, 15) is 0 Å². The highest BCUT2D eigenvalue weighted by molar-refractivity contribution is 7.82. The van der Waals surface area contributed by atoms with Crippen molar-refractivity contribution < 1.29 is 9.13 Å². The average molecular weight is 1040 g/mol. The number of fused-ring (bicyclic) bond motifs is 6. The van der Waals surface area contributed by atoms with Gasteiger partial charge in [-0.15, -0.1) is 0 Å². The van der Waals surface area contributed by atoms with Gasteiger partial charge in [0.15, 0.2) is 11.6 Å². The minimum atomic E-state index is -4.08. The molecule has 0 bridgehead atoms. The summed E-state index contributed by atoms with van der Waals surface area (Å²) in [5.41, 5.74) is 11.2. The molecular formula is C68H46N6O2P2. The number of nitrogens with zero attached hydrogens (tertiary/aromatic N) is 6. The molecule has 10 aromatic carbocycles. The largest absolute Gasteiger partial charge is 0.289 e. The highest BCUT2D eigenvalue weighted by Crippen LogP contribution is 2.64. The topological polar surface area (TPSA) is 92.2 Å². The van der Waals surface area contributed by atoms with Gasteiger partial charge < -0.3 is 0 Å². The Morgan fingerprint density at radius 3 is 0.846 bits per heavy atom. The van der Waals surface area contributed by atoms with Crippen LogP contribution in [-0.2, 0) is 9.13 Å². The van der Waals surface area contributed by atoms with Crippen LogP contribution in [0.15, 0.2) is 279 Å². The lowest BCUT2D eigenvalue weighted by Crippen LogP contribution is -2.37. The average Bonchev–Trinajstić information content (AvgIpc) is 3.71. The van der Waals surface area contributed by atoms with Crippen molar-refractivity contribution in [1.82, 2.24) is 19.9 Å². The molecule has 14 rings (SSSR count). The smallest absolute Gasteiger partial charge is 0.236 e. The van der Waals surface area contributed by atoms with Gasteiger partial charge in [0.1, 0.15) is 11.6 Å². The summed E-state index contributed by atoms with van der Waals surface area (Å²) in [7, 11) is -8.17. The second-order valence-electron chi connectivity index (χ2n) is 19.2. The van der Waals surface area contributed by atoms with Gasteiger partial charge in [-0.25, -0.2) is 19.9 Å². The first kappa shape index (κ1) is 46.9. The van der Waals surface area contributed by atoms with Crippen molar-refractivity contribution in [2.45, 2.75) is 0 Å². The van der Waals surface area contributed by atoms with E-state index < -0.39 is 14.6 Å². The molecule has 8 nitrogen and oxygen atoms in total. The van der Waals surface area contributed by atoms with Crippen molar-refractivity contribution in [3.8, 4) is 78.7 Å². The van der Waals surface area contributed by atoms with Gasteiger partial charge in [-0.3, -0.25) is 18.5 Å². The Kier molecular flexibility index (Phi) is 11.6. The van der Waals surface area contributed by atoms with Gasteiger partial charge >= 0.3 is 0 Å². The van der Waals surface area contributed by atoms with E-state index in [1.165, 1.54) is 0 Å². The molecule has 2 aliphatic rings. The molecule has 0 amide bonds. The number of anilines is 4. The molecule has 0 aliphatic carbocycles. The molecule has 0 saturated heterocycles. The molecule has 0 fully saturated rings. The Morgan fingerprint density at radius 2 is 0.513 bits per heavy atom. The highest BCUT2D eigenvalue weighted by atomic mass is 31.2. The monoisotopic (exact) mass is 1040 g/mol. The number of benzene rings is 10. The Bertz CT molecular complexity index is 3970. The normalized spacial score (nSPS) is 16.1. The number of para-hydroxylation sites is 2. The van der Waals surface area contributed by atoms with Crippen molar-refractivity contribution in [2.24, 2.45) is 0 Å². The first-order chi connectivity index (χ1) is 38.5. The van der Waals surface area contributed by atoms with E-state index in [1.54, 1.807) is 0 Å². The number of aromatic nitrogens is 4. The molecule has 370 valence electrons. The van der Waals surface area contributed by atoms with Gasteiger partial charge in [-0.1, -0.05) is 231 Å². The summed E-state index contributed by atoms with van der Waals surface area (Å²) in [5.74, 6) is 1.94. The summed E-state index contributed by atoms with van der Waals surface area (Å²) >= 11 is 0. The molecule has 0 N–H and O–H groups in total. The van der Waals surface area contributed by atoms with E-state index in [-0.39, 0.29) is 0 Å². The first-order valence-electron chi connectivity index (χ1n) is 25.9. The Balaban J connectivity index is 1.04. The van der Waals surface area contributed by atoms with E-state index in [0.717, 1.165) is 55.9 Å². The van der Waals surface area contributed by atoms with Crippen molar-refractivity contribution in [1.29, 1.82) is 0 Å². The van der Waals surface area contributed by atoms with Gasteiger partial charge in [-0.2, -0.15) is 0 Å². The summed E-state index contributed by atoms with van der Waals surface area (Å²) < 4.78 is 39.9. The van der Waals surface area contributed by atoms with Crippen LogP contribution in [0.5, 0.6) is 0 Å². The summed E-state index contributed by atoms with van der Waals surface area (Å²) in [6.45, 7) is 0. The van der Waals surface area contributed by atoms with Crippen LogP contribution in [0.2, 0.25) is 0 Å². The maximum Gasteiger partial charge on any atom is 0.236 e. The fourth-order valence-corrected chi connectivity index (χ4v) is 17.6. The van der Waals surface area contributed by atoms with Crippen molar-refractivity contribution in [3.05, 3.63) is 279 Å². The molecule has 0 saturated carbocycles. The zero-order valence-corrected chi connectivity index (χ0v) is 43.7. The van der Waals surface area contributed by atoms with E-state index >= 15 is 9.13 Å². The molecule has 2 aliphatic heterocycles. The third kappa shape index (κ3) is 7.68. The molecular weight excluding hydrogens is 995 g/mol. The fourth-order valence-electron chi connectivity index (χ4n) is 11.2. The van der Waals surface area contributed by atoms with Crippen LogP contribution in [0.4, 0.5) is 23.0 Å². The Morgan fingerprint density at radius 1 is 0.256 bits per heavy atom. The lowest BCUT2D eigenvalue weighted by atomic mass is 10.0. The summed E-state index contributed by atoms with van der Waals surface area (Å²) in [6, 6.07) is 91.9. The minimum absolute atomic E-state index is 0.472. The van der Waals surface area contributed by atoms with Gasteiger partial charge in [0.2, 0.25) is 14.6 Å². The minimum Gasteiger partial charge on any atom is -0.289 e. The number of rotatable bonds is 9. The van der Waals surface area contributed by atoms with Gasteiger partial charge in [-0.05, 0) is 58.7 Å². The van der Waals surface area contributed by atoms with E-state index in [4.69, 9.17) is 19.9 Å². The third-order valence-electron chi connectivity index (χ3n) is 14.7. The van der Waals surface area contributed by atoms with Crippen LogP contribution < -0.4 is 30.6 Å². The standard InChI is InChI=1S/C68H46N6O2P2/c75-77(61-41-21-15-35-53(61)51-33-13-19-39-59(51)73(77)65-45-57(47-25-5-1-6-26-47)69-67(71-65)49-29-9-3-10-30-49)63-43-23-17-37-55(63)56-38-18-24-44-64(56)78(76)62-42-22-16-36-54(62)52-34-14-20-40-60(52)74(78)66-46-58(48-27-7-2-8-28-48)70-68(72-66)50-31-11-4-12-32-50/h1-46H. The Hall–Kier alpha value is -9.58. The molecule has 0 spiro atoms. The van der Waals surface area contributed by atoms with Crippen LogP contribution >= 0.6 is 14.6 Å². The van der Waals surface area contributed by atoms with Gasteiger partial charge in [0.25, 0.3) is 0 Å². The van der Waals surface area contributed by atoms with Crippen LogP contribution in [-0.4, -0.2) is 19.9 Å². The zero-order valence-electron chi connectivity index (χ0n) is 42.0. The first-order valence-corrected chi connectivity index (χ1v) is 29.2. The van der Waals surface area contributed by atoms with Crippen LogP contribution in [0.25, 0.3) is 78.7 Å². The maximum atomic E-state index is 18.0. The van der Waals surface area contributed by atoms with E-state index in [2.05, 4.69) is 24.3 Å². The molecule has 2 atom stereocenters. The molecule has 78 heavy (non-hydrogen) atoms. The molecule has 12 aromatic rings. The van der Waals surface area contributed by atoms with Crippen LogP contribution in [0.1, 0.15) is 0 Å². The quantitative estimate of drug-likeness (QED) is 0.132. The third-order valence-corrected chi connectivity index (χ3v) is 20.8.